The van der Waals surface area contributed by atoms with Crippen LogP contribution >= 0.6 is 0 Å². The summed E-state index contributed by atoms with van der Waals surface area (Å²) in [5.41, 5.74) is 7.48. The van der Waals surface area contributed by atoms with Crippen molar-refractivity contribution in [2.75, 3.05) is 13.1 Å². The zero-order valence-corrected chi connectivity index (χ0v) is 13.8. The Morgan fingerprint density at radius 1 is 1.32 bits per heavy atom. The van der Waals surface area contributed by atoms with E-state index in [4.69, 9.17) is 5.73 Å². The topological polar surface area (TPSA) is 46.3 Å². The molecule has 1 heterocycles. The van der Waals surface area contributed by atoms with Crippen LogP contribution in [0, 0.1) is 5.92 Å². The van der Waals surface area contributed by atoms with Gasteiger partial charge in [0.25, 0.3) is 0 Å². The van der Waals surface area contributed by atoms with Crippen LogP contribution in [0.2, 0.25) is 0 Å². The van der Waals surface area contributed by atoms with E-state index in [0.717, 1.165) is 12.5 Å². The number of amides is 1. The fourth-order valence-electron chi connectivity index (χ4n) is 4.32. The number of rotatable bonds is 3. The lowest BCUT2D eigenvalue weighted by molar-refractivity contribution is 0.0767. The minimum atomic E-state index is -0.332. The molecule has 2 aliphatic rings. The second-order valence-electron chi connectivity index (χ2n) is 7.45. The number of likely N-dealkylation sites (tertiary alicyclic amines) is 1. The largest absolute Gasteiger partial charge is 0.366 e. The van der Waals surface area contributed by atoms with Crippen molar-refractivity contribution in [3.8, 4) is 0 Å². The molecule has 22 heavy (non-hydrogen) atoms. The minimum absolute atomic E-state index is 0.139. The molecule has 0 spiro atoms. The van der Waals surface area contributed by atoms with Gasteiger partial charge in [-0.3, -0.25) is 4.79 Å². The van der Waals surface area contributed by atoms with Crippen LogP contribution in [0.15, 0.2) is 24.3 Å². The van der Waals surface area contributed by atoms with Crippen LogP contribution in [-0.2, 0) is 5.41 Å². The number of benzene rings is 1. The third-order valence-electron chi connectivity index (χ3n) is 6.16. The Labute approximate surface area is 133 Å². The van der Waals surface area contributed by atoms with Gasteiger partial charge in [-0.05, 0) is 54.8 Å². The van der Waals surface area contributed by atoms with Gasteiger partial charge in [-0.1, -0.05) is 38.8 Å². The standard InChI is InChI=1S/C19H28N2O/c1-14-13-21(17-8-3-4-9-17)11-10-19(14,2)16-7-5-6-15(12-16)18(20)22/h5-7,12,14,17H,3-4,8-11,13H2,1-2H3,(H2,20,22). The Morgan fingerprint density at radius 2 is 2.05 bits per heavy atom. The van der Waals surface area contributed by atoms with E-state index in [-0.39, 0.29) is 11.3 Å². The summed E-state index contributed by atoms with van der Waals surface area (Å²) in [5.74, 6) is 0.256. The molecule has 1 amide bonds. The highest BCUT2D eigenvalue weighted by Crippen LogP contribution is 2.41. The van der Waals surface area contributed by atoms with Crippen molar-refractivity contribution < 1.29 is 4.79 Å². The zero-order chi connectivity index (χ0) is 15.7. The van der Waals surface area contributed by atoms with Crippen molar-refractivity contribution in [2.24, 2.45) is 11.7 Å². The summed E-state index contributed by atoms with van der Waals surface area (Å²) in [7, 11) is 0. The fraction of sp³-hybridized carbons (Fsp3) is 0.632. The summed E-state index contributed by atoms with van der Waals surface area (Å²) in [6, 6.07) is 8.76. The Balaban J connectivity index is 1.78. The number of carbonyl (C=O) groups excluding carboxylic acids is 1. The number of hydrogen-bond acceptors (Lipinski definition) is 2. The third kappa shape index (κ3) is 2.79. The van der Waals surface area contributed by atoms with E-state index >= 15 is 0 Å². The highest BCUT2D eigenvalue weighted by Gasteiger charge is 2.40. The van der Waals surface area contributed by atoms with E-state index in [2.05, 4.69) is 24.8 Å². The molecule has 1 saturated carbocycles. The van der Waals surface area contributed by atoms with Gasteiger partial charge < -0.3 is 10.6 Å². The van der Waals surface area contributed by atoms with E-state index < -0.39 is 0 Å². The molecule has 1 saturated heterocycles. The fourth-order valence-corrected chi connectivity index (χ4v) is 4.32. The molecule has 120 valence electrons. The van der Waals surface area contributed by atoms with Gasteiger partial charge in [-0.2, -0.15) is 0 Å². The van der Waals surface area contributed by atoms with Gasteiger partial charge in [0.1, 0.15) is 0 Å². The number of piperidine rings is 1. The lowest BCUT2D eigenvalue weighted by atomic mass is 9.67. The van der Waals surface area contributed by atoms with E-state index in [0.29, 0.717) is 11.5 Å². The molecule has 3 rings (SSSR count). The Morgan fingerprint density at radius 3 is 2.68 bits per heavy atom. The van der Waals surface area contributed by atoms with Crippen molar-refractivity contribution in [1.29, 1.82) is 0 Å². The van der Waals surface area contributed by atoms with Crippen molar-refractivity contribution in [2.45, 2.75) is 57.4 Å². The highest BCUT2D eigenvalue weighted by molar-refractivity contribution is 5.92. The van der Waals surface area contributed by atoms with E-state index in [1.54, 1.807) is 0 Å². The molecule has 1 aliphatic carbocycles. The van der Waals surface area contributed by atoms with E-state index in [1.807, 2.05) is 18.2 Å². The molecule has 2 fully saturated rings. The summed E-state index contributed by atoms with van der Waals surface area (Å²) >= 11 is 0. The van der Waals surface area contributed by atoms with Gasteiger partial charge >= 0.3 is 0 Å². The molecule has 1 aromatic rings. The predicted molar refractivity (Wildman–Crippen MR) is 89.9 cm³/mol. The zero-order valence-electron chi connectivity index (χ0n) is 13.8. The molecule has 1 aromatic carbocycles. The second-order valence-corrected chi connectivity index (χ2v) is 7.45. The minimum Gasteiger partial charge on any atom is -0.366 e. The lowest BCUT2D eigenvalue weighted by Gasteiger charge is -2.47. The molecular weight excluding hydrogens is 272 g/mol. The molecular formula is C19H28N2O. The number of carbonyl (C=O) groups is 1. The van der Waals surface area contributed by atoms with Gasteiger partial charge in [-0.15, -0.1) is 0 Å². The Bertz CT molecular complexity index is 550. The first kappa shape index (κ1) is 15.5. The molecule has 0 radical (unpaired) electrons. The summed E-state index contributed by atoms with van der Waals surface area (Å²) < 4.78 is 0. The van der Waals surface area contributed by atoms with Gasteiger partial charge in [0.2, 0.25) is 5.91 Å². The maximum absolute atomic E-state index is 11.5. The van der Waals surface area contributed by atoms with Crippen LogP contribution in [0.5, 0.6) is 0 Å². The average molecular weight is 300 g/mol. The summed E-state index contributed by atoms with van der Waals surface area (Å²) in [4.78, 5) is 14.2. The SMILES string of the molecule is CC1CN(C2CCCC2)CCC1(C)c1cccc(C(N)=O)c1. The van der Waals surface area contributed by atoms with Crippen LogP contribution in [0.25, 0.3) is 0 Å². The van der Waals surface area contributed by atoms with Crippen LogP contribution in [0.4, 0.5) is 0 Å². The number of nitrogens with zero attached hydrogens (tertiary/aromatic N) is 1. The normalized spacial score (nSPS) is 30.5. The predicted octanol–water partition coefficient (Wildman–Crippen LogP) is 3.33. The second kappa shape index (κ2) is 6.04. The molecule has 0 bridgehead atoms. The quantitative estimate of drug-likeness (QED) is 0.930. The third-order valence-corrected chi connectivity index (χ3v) is 6.16. The number of nitrogens with two attached hydrogens (primary N) is 1. The van der Waals surface area contributed by atoms with Crippen molar-refractivity contribution in [3.63, 3.8) is 0 Å². The van der Waals surface area contributed by atoms with Crippen molar-refractivity contribution in [1.82, 2.24) is 4.90 Å². The lowest BCUT2D eigenvalue weighted by Crippen LogP contribution is -2.50. The van der Waals surface area contributed by atoms with Crippen molar-refractivity contribution >= 4 is 5.91 Å². The first-order valence-electron chi connectivity index (χ1n) is 8.65. The number of primary amides is 1. The van der Waals surface area contributed by atoms with Crippen LogP contribution < -0.4 is 5.73 Å². The maximum atomic E-state index is 11.5. The Hall–Kier alpha value is -1.35. The number of hydrogen-bond donors (Lipinski definition) is 1. The highest BCUT2D eigenvalue weighted by atomic mass is 16.1. The van der Waals surface area contributed by atoms with Crippen LogP contribution in [0.1, 0.15) is 61.9 Å². The van der Waals surface area contributed by atoms with E-state index in [9.17, 15) is 4.79 Å². The van der Waals surface area contributed by atoms with E-state index in [1.165, 1.54) is 44.3 Å². The molecule has 2 atom stereocenters. The summed E-state index contributed by atoms with van der Waals surface area (Å²) in [6.45, 7) is 7.05. The summed E-state index contributed by atoms with van der Waals surface area (Å²) in [5, 5.41) is 0. The van der Waals surface area contributed by atoms with Gasteiger partial charge in [0.05, 0.1) is 0 Å². The molecule has 1 aliphatic heterocycles. The van der Waals surface area contributed by atoms with Gasteiger partial charge in [-0.25, -0.2) is 0 Å². The molecule has 0 aromatic heterocycles. The maximum Gasteiger partial charge on any atom is 0.248 e. The van der Waals surface area contributed by atoms with Crippen LogP contribution in [0.3, 0.4) is 0 Å². The average Bonchev–Trinajstić information content (AvgIpc) is 3.04. The van der Waals surface area contributed by atoms with Crippen molar-refractivity contribution in [3.05, 3.63) is 35.4 Å². The van der Waals surface area contributed by atoms with Crippen LogP contribution in [-0.4, -0.2) is 29.9 Å². The molecule has 3 heteroatoms. The summed E-state index contributed by atoms with van der Waals surface area (Å²) in [6.07, 6.45) is 6.70. The molecule has 2 N–H and O–H groups in total. The first-order chi connectivity index (χ1) is 10.5. The van der Waals surface area contributed by atoms with Gasteiger partial charge in [0, 0.05) is 18.2 Å². The molecule has 2 unspecified atom stereocenters. The first-order valence-corrected chi connectivity index (χ1v) is 8.65. The smallest absolute Gasteiger partial charge is 0.248 e. The Kier molecular flexibility index (Phi) is 4.26. The van der Waals surface area contributed by atoms with Gasteiger partial charge in [0.15, 0.2) is 0 Å². The monoisotopic (exact) mass is 300 g/mol. The molecule has 3 nitrogen and oxygen atoms in total.